The molecule has 0 aliphatic carbocycles. The molecule has 1 aromatic heterocycles. The molecule has 0 aliphatic heterocycles. The molecule has 0 unspecified atom stereocenters. The number of hydrogen-bond acceptors (Lipinski definition) is 4. The highest BCUT2D eigenvalue weighted by Crippen LogP contribution is 2.41. The second kappa shape index (κ2) is 13.4. The predicted octanol–water partition coefficient (Wildman–Crippen LogP) is 12.0. The van der Waals surface area contributed by atoms with E-state index in [2.05, 4.69) is 189 Å². The fourth-order valence-electron chi connectivity index (χ4n) is 6.23. The Morgan fingerprint density at radius 2 is 0.708 bits per heavy atom. The predicted molar refractivity (Wildman–Crippen MR) is 201 cm³/mol. The monoisotopic (exact) mass is 622 g/mol. The lowest BCUT2D eigenvalue weighted by molar-refractivity contribution is 1.07. The van der Waals surface area contributed by atoms with E-state index in [9.17, 15) is 0 Å². The highest BCUT2D eigenvalue weighted by Gasteiger charge is 2.22. The minimum absolute atomic E-state index is 0.625. The van der Waals surface area contributed by atoms with Crippen molar-refractivity contribution in [3.63, 3.8) is 0 Å². The first-order valence-electron chi connectivity index (χ1n) is 16.4. The van der Waals surface area contributed by atoms with Crippen LogP contribution in [0.4, 0.5) is 34.4 Å². The standard InChI is InChI=1S/C44H38N4/c1-31-16-8-12-22-40(31)47(41-23-13-9-17-32(41)2)37-28-26-36(27-29-37)39-30-38(35-20-6-5-7-21-35)45-44(46-39)48(42-24-14-10-18-33(42)3)43-25-15-11-19-34(43)4/h5-30H,1-4H3. The normalized spacial score (nSPS) is 10.9. The van der Waals surface area contributed by atoms with Gasteiger partial charge < -0.3 is 4.90 Å². The van der Waals surface area contributed by atoms with Crippen LogP contribution >= 0.6 is 0 Å². The maximum Gasteiger partial charge on any atom is 0.235 e. The number of aromatic nitrogens is 2. The Bertz CT molecular complexity index is 2100. The zero-order valence-corrected chi connectivity index (χ0v) is 27.8. The highest BCUT2D eigenvalue weighted by molar-refractivity contribution is 5.83. The quantitative estimate of drug-likeness (QED) is 0.169. The van der Waals surface area contributed by atoms with Gasteiger partial charge in [-0.05, 0) is 92.4 Å². The van der Waals surface area contributed by atoms with Crippen LogP contribution in [0.1, 0.15) is 22.3 Å². The van der Waals surface area contributed by atoms with Gasteiger partial charge in [-0.3, -0.25) is 4.90 Å². The minimum Gasteiger partial charge on any atom is -0.310 e. The van der Waals surface area contributed by atoms with E-state index in [1.54, 1.807) is 0 Å². The molecule has 0 bridgehead atoms. The minimum atomic E-state index is 0.625. The summed E-state index contributed by atoms with van der Waals surface area (Å²) in [7, 11) is 0. The topological polar surface area (TPSA) is 32.3 Å². The van der Waals surface area contributed by atoms with Crippen molar-refractivity contribution < 1.29 is 0 Å². The van der Waals surface area contributed by atoms with Crippen LogP contribution in [-0.2, 0) is 0 Å². The Kier molecular flexibility index (Phi) is 8.55. The number of benzene rings is 6. The molecule has 0 amide bonds. The summed E-state index contributed by atoms with van der Waals surface area (Å²) in [5, 5.41) is 0. The third kappa shape index (κ3) is 6.08. The number of para-hydroxylation sites is 4. The number of rotatable bonds is 8. The van der Waals surface area contributed by atoms with Crippen LogP contribution in [0.15, 0.2) is 158 Å². The molecule has 1 heterocycles. The zero-order valence-electron chi connectivity index (χ0n) is 27.8. The van der Waals surface area contributed by atoms with Crippen molar-refractivity contribution in [3.8, 4) is 22.5 Å². The Balaban J connectivity index is 1.39. The summed E-state index contributed by atoms with van der Waals surface area (Å²) in [4.78, 5) is 15.0. The van der Waals surface area contributed by atoms with Gasteiger partial charge in [0.1, 0.15) is 0 Å². The summed E-state index contributed by atoms with van der Waals surface area (Å²) in [6.45, 7) is 8.60. The van der Waals surface area contributed by atoms with Gasteiger partial charge in [0.2, 0.25) is 5.95 Å². The number of aryl methyl sites for hydroxylation is 4. The van der Waals surface area contributed by atoms with Gasteiger partial charge in [0.05, 0.1) is 22.8 Å². The fourth-order valence-corrected chi connectivity index (χ4v) is 6.23. The lowest BCUT2D eigenvalue weighted by Crippen LogP contribution is -2.16. The van der Waals surface area contributed by atoms with Crippen molar-refractivity contribution in [3.05, 3.63) is 180 Å². The third-order valence-electron chi connectivity index (χ3n) is 8.83. The van der Waals surface area contributed by atoms with Crippen LogP contribution in [0.3, 0.4) is 0 Å². The molecule has 0 radical (unpaired) electrons. The van der Waals surface area contributed by atoms with Crippen molar-refractivity contribution in [1.29, 1.82) is 0 Å². The van der Waals surface area contributed by atoms with E-state index in [-0.39, 0.29) is 0 Å². The second-order valence-corrected chi connectivity index (χ2v) is 12.2. The average Bonchev–Trinajstić information content (AvgIpc) is 3.12. The van der Waals surface area contributed by atoms with Gasteiger partial charge in [-0.1, -0.05) is 115 Å². The molecular formula is C44H38N4. The van der Waals surface area contributed by atoms with Crippen LogP contribution in [-0.4, -0.2) is 9.97 Å². The van der Waals surface area contributed by atoms with Crippen LogP contribution in [0.2, 0.25) is 0 Å². The summed E-state index contributed by atoms with van der Waals surface area (Å²) in [6, 6.07) is 55.1. The SMILES string of the molecule is Cc1ccccc1N(c1ccc(-c2cc(-c3ccccc3)nc(N(c3ccccc3C)c3ccccc3C)n2)cc1)c1ccccc1C. The summed E-state index contributed by atoms with van der Waals surface area (Å²) in [5.74, 6) is 0.625. The first-order valence-corrected chi connectivity index (χ1v) is 16.4. The fraction of sp³-hybridized carbons (Fsp3) is 0.0909. The van der Waals surface area contributed by atoms with E-state index in [0.717, 1.165) is 62.1 Å². The van der Waals surface area contributed by atoms with Gasteiger partial charge in [0.15, 0.2) is 0 Å². The van der Waals surface area contributed by atoms with E-state index >= 15 is 0 Å². The lowest BCUT2D eigenvalue weighted by Gasteiger charge is -2.28. The largest absolute Gasteiger partial charge is 0.310 e. The summed E-state index contributed by atoms with van der Waals surface area (Å²) < 4.78 is 0. The van der Waals surface area contributed by atoms with Crippen molar-refractivity contribution in [1.82, 2.24) is 9.97 Å². The Hall–Kier alpha value is -6.00. The van der Waals surface area contributed by atoms with Gasteiger partial charge in [-0.25, -0.2) is 9.97 Å². The summed E-state index contributed by atoms with van der Waals surface area (Å²) >= 11 is 0. The smallest absolute Gasteiger partial charge is 0.235 e. The van der Waals surface area contributed by atoms with Crippen LogP contribution < -0.4 is 9.80 Å². The molecule has 0 fully saturated rings. The third-order valence-corrected chi connectivity index (χ3v) is 8.83. The van der Waals surface area contributed by atoms with Gasteiger partial charge in [-0.15, -0.1) is 0 Å². The average molecular weight is 623 g/mol. The first kappa shape index (κ1) is 30.6. The zero-order chi connectivity index (χ0) is 33.0. The molecule has 0 spiro atoms. The van der Waals surface area contributed by atoms with Crippen molar-refractivity contribution in [2.45, 2.75) is 27.7 Å². The first-order chi connectivity index (χ1) is 23.5. The van der Waals surface area contributed by atoms with E-state index in [1.165, 1.54) is 11.1 Å². The van der Waals surface area contributed by atoms with Crippen LogP contribution in [0.25, 0.3) is 22.5 Å². The summed E-state index contributed by atoms with van der Waals surface area (Å²) in [5.41, 5.74) is 14.0. The van der Waals surface area contributed by atoms with E-state index in [0.29, 0.717) is 5.95 Å². The molecule has 4 heteroatoms. The van der Waals surface area contributed by atoms with Crippen LogP contribution in [0.5, 0.6) is 0 Å². The summed E-state index contributed by atoms with van der Waals surface area (Å²) in [6.07, 6.45) is 0. The lowest BCUT2D eigenvalue weighted by atomic mass is 10.0. The van der Waals surface area contributed by atoms with Crippen LogP contribution in [0, 0.1) is 27.7 Å². The van der Waals surface area contributed by atoms with Crippen molar-refractivity contribution >= 4 is 34.4 Å². The van der Waals surface area contributed by atoms with Gasteiger partial charge in [0, 0.05) is 28.2 Å². The number of nitrogens with zero attached hydrogens (tertiary/aromatic N) is 4. The molecule has 6 aromatic carbocycles. The maximum atomic E-state index is 5.28. The molecule has 4 nitrogen and oxygen atoms in total. The number of anilines is 6. The highest BCUT2D eigenvalue weighted by atomic mass is 15.3. The van der Waals surface area contributed by atoms with Gasteiger partial charge in [-0.2, -0.15) is 0 Å². The molecule has 48 heavy (non-hydrogen) atoms. The van der Waals surface area contributed by atoms with Crippen molar-refractivity contribution in [2.24, 2.45) is 0 Å². The Morgan fingerprint density at radius 3 is 1.12 bits per heavy atom. The van der Waals surface area contributed by atoms with E-state index in [4.69, 9.17) is 9.97 Å². The Morgan fingerprint density at radius 1 is 0.354 bits per heavy atom. The van der Waals surface area contributed by atoms with E-state index in [1.807, 2.05) is 6.07 Å². The molecular weight excluding hydrogens is 585 g/mol. The Labute approximate surface area is 283 Å². The van der Waals surface area contributed by atoms with E-state index < -0.39 is 0 Å². The maximum absolute atomic E-state index is 5.28. The number of hydrogen-bond donors (Lipinski definition) is 0. The van der Waals surface area contributed by atoms with Gasteiger partial charge in [0.25, 0.3) is 0 Å². The molecule has 0 saturated heterocycles. The van der Waals surface area contributed by atoms with Gasteiger partial charge >= 0.3 is 0 Å². The van der Waals surface area contributed by atoms with Crippen molar-refractivity contribution in [2.75, 3.05) is 9.80 Å². The molecule has 0 N–H and O–H groups in total. The molecule has 7 rings (SSSR count). The molecule has 0 atom stereocenters. The molecule has 234 valence electrons. The molecule has 0 saturated carbocycles. The second-order valence-electron chi connectivity index (χ2n) is 12.2. The molecule has 7 aromatic rings. The molecule has 0 aliphatic rings.